The van der Waals surface area contributed by atoms with Crippen LogP contribution in [0.5, 0.6) is 0 Å². The van der Waals surface area contributed by atoms with Crippen molar-refractivity contribution >= 4 is 53.4 Å². The average Bonchev–Trinajstić information content (AvgIpc) is 2.75. The molecule has 0 aromatic rings. The highest BCUT2D eigenvalue weighted by atomic mass is 32.2. The Morgan fingerprint density at radius 3 is 1.54 bits per heavy atom. The van der Waals surface area contributed by atoms with E-state index in [9.17, 15) is 38.7 Å². The zero-order valence-corrected chi connectivity index (χ0v) is 19.7. The number of carbonyl (C=O) groups is 7. The van der Waals surface area contributed by atoms with Crippen LogP contribution in [0.15, 0.2) is 0 Å². The lowest BCUT2D eigenvalue weighted by Gasteiger charge is -2.24. The first kappa shape index (κ1) is 31.6. The number of carboxylic acid groups (broad SMARTS) is 4. The van der Waals surface area contributed by atoms with E-state index in [1.807, 2.05) is 0 Å². The summed E-state index contributed by atoms with van der Waals surface area (Å²) in [6.45, 7) is 0. The normalized spacial score (nSPS) is 14.0. The summed E-state index contributed by atoms with van der Waals surface area (Å²) in [7, 11) is 0. The summed E-state index contributed by atoms with van der Waals surface area (Å²) in [6.07, 6.45) is -0.941. The summed E-state index contributed by atoms with van der Waals surface area (Å²) in [5.41, 5.74) is 5.50. The Bertz CT molecular complexity index is 808. The Balaban J connectivity index is 5.55. The molecule has 0 bridgehead atoms. The van der Waals surface area contributed by atoms with E-state index in [0.717, 1.165) is 0 Å². The lowest BCUT2D eigenvalue weighted by molar-refractivity contribution is -0.144. The number of thioether (sulfide) groups is 1. The Labute approximate surface area is 204 Å². The van der Waals surface area contributed by atoms with E-state index in [4.69, 9.17) is 21.1 Å². The highest BCUT2D eigenvalue weighted by molar-refractivity contribution is 7.98. The molecule has 16 heteroatoms. The minimum atomic E-state index is -1.61. The van der Waals surface area contributed by atoms with Crippen molar-refractivity contribution in [3.63, 3.8) is 0 Å². The molecule has 9 N–H and O–H groups in total. The highest BCUT2D eigenvalue weighted by Crippen LogP contribution is 2.06. The van der Waals surface area contributed by atoms with Gasteiger partial charge in [0.1, 0.15) is 18.1 Å². The quantitative estimate of drug-likeness (QED) is 0.0952. The summed E-state index contributed by atoms with van der Waals surface area (Å²) in [5.74, 6) is -7.99. The van der Waals surface area contributed by atoms with Gasteiger partial charge in [0.05, 0.1) is 12.5 Å². The van der Waals surface area contributed by atoms with E-state index in [1.54, 1.807) is 6.26 Å². The average molecular weight is 523 g/mol. The maximum absolute atomic E-state index is 12.8. The maximum Gasteiger partial charge on any atom is 0.326 e. The fraction of sp³-hybridized carbons (Fsp3) is 0.632. The predicted molar refractivity (Wildman–Crippen MR) is 120 cm³/mol. The topological polar surface area (TPSA) is 263 Å². The molecule has 35 heavy (non-hydrogen) atoms. The van der Waals surface area contributed by atoms with Gasteiger partial charge in [0.2, 0.25) is 17.7 Å². The number of carboxylic acids is 4. The van der Waals surface area contributed by atoms with Gasteiger partial charge >= 0.3 is 23.9 Å². The van der Waals surface area contributed by atoms with Gasteiger partial charge in [0, 0.05) is 12.8 Å². The third-order valence-corrected chi connectivity index (χ3v) is 5.16. The first-order valence-electron chi connectivity index (χ1n) is 10.3. The van der Waals surface area contributed by atoms with Crippen molar-refractivity contribution in [2.75, 3.05) is 12.0 Å². The summed E-state index contributed by atoms with van der Waals surface area (Å²) in [4.78, 5) is 81.4. The zero-order valence-electron chi connectivity index (χ0n) is 18.9. The first-order valence-corrected chi connectivity index (χ1v) is 11.7. The number of hydrogen-bond acceptors (Lipinski definition) is 9. The van der Waals surface area contributed by atoms with Gasteiger partial charge in [-0.3, -0.25) is 28.8 Å². The van der Waals surface area contributed by atoms with Gasteiger partial charge in [-0.15, -0.1) is 0 Å². The van der Waals surface area contributed by atoms with E-state index in [1.165, 1.54) is 11.8 Å². The number of carbonyl (C=O) groups excluding carboxylic acids is 3. The van der Waals surface area contributed by atoms with Crippen LogP contribution < -0.4 is 21.7 Å². The summed E-state index contributed by atoms with van der Waals surface area (Å²) in [6, 6.07) is -5.83. The van der Waals surface area contributed by atoms with E-state index >= 15 is 0 Å². The summed E-state index contributed by atoms with van der Waals surface area (Å²) < 4.78 is 0. The van der Waals surface area contributed by atoms with Crippen molar-refractivity contribution < 1.29 is 54.0 Å². The Kier molecular flexibility index (Phi) is 14.7. The molecular weight excluding hydrogens is 492 g/mol. The van der Waals surface area contributed by atoms with Gasteiger partial charge in [0.25, 0.3) is 0 Å². The van der Waals surface area contributed by atoms with Gasteiger partial charge < -0.3 is 42.1 Å². The Morgan fingerprint density at radius 2 is 1.11 bits per heavy atom. The second kappa shape index (κ2) is 16.3. The predicted octanol–water partition coefficient (Wildman–Crippen LogP) is -2.19. The number of aliphatic carboxylic acids is 4. The standard InChI is InChI=1S/C19H30N4O11S/c1-35-7-6-11(21-16(30)9(20)8-15(28)29)18(32)22-10(2-4-13(24)25)17(31)23-12(19(33)34)3-5-14(26)27/h9-12H,2-8,20H2,1H3,(H,21,30)(H,22,32)(H,23,31)(H,24,25)(H,26,27)(H,28,29)(H,33,34)/t9-,10-,11-,12-/m0/s1. The van der Waals surface area contributed by atoms with E-state index in [-0.39, 0.29) is 6.42 Å². The van der Waals surface area contributed by atoms with Crippen molar-refractivity contribution in [2.45, 2.75) is 62.7 Å². The van der Waals surface area contributed by atoms with Crippen LogP contribution in [0.3, 0.4) is 0 Å². The highest BCUT2D eigenvalue weighted by Gasteiger charge is 2.31. The van der Waals surface area contributed by atoms with Crippen LogP contribution in [0.2, 0.25) is 0 Å². The molecule has 0 aromatic carbocycles. The van der Waals surface area contributed by atoms with Gasteiger partial charge in [0.15, 0.2) is 0 Å². The SMILES string of the molecule is CSCC[C@H](NC(=O)[C@@H](N)CC(=O)O)C(=O)N[C@@H](CCC(=O)O)C(=O)N[C@@H](CCC(=O)O)C(=O)O. The van der Waals surface area contributed by atoms with Crippen molar-refractivity contribution in [2.24, 2.45) is 5.73 Å². The van der Waals surface area contributed by atoms with Gasteiger partial charge in [-0.05, 0) is 31.3 Å². The Hall–Kier alpha value is -3.40. The summed E-state index contributed by atoms with van der Waals surface area (Å²) >= 11 is 1.33. The maximum atomic E-state index is 12.8. The minimum Gasteiger partial charge on any atom is -0.481 e. The van der Waals surface area contributed by atoms with Gasteiger partial charge in [-0.2, -0.15) is 11.8 Å². The minimum absolute atomic E-state index is 0.0577. The van der Waals surface area contributed by atoms with Crippen LogP contribution >= 0.6 is 11.8 Å². The monoisotopic (exact) mass is 522 g/mol. The molecule has 0 heterocycles. The molecular formula is C19H30N4O11S. The number of hydrogen-bond donors (Lipinski definition) is 8. The molecule has 0 aliphatic carbocycles. The number of nitrogens with one attached hydrogen (secondary N) is 3. The van der Waals surface area contributed by atoms with E-state index in [2.05, 4.69) is 16.0 Å². The molecule has 4 atom stereocenters. The molecule has 198 valence electrons. The molecule has 0 radical (unpaired) electrons. The van der Waals surface area contributed by atoms with Crippen LogP contribution in [0.1, 0.15) is 38.5 Å². The largest absolute Gasteiger partial charge is 0.481 e. The fourth-order valence-electron chi connectivity index (χ4n) is 2.67. The smallest absolute Gasteiger partial charge is 0.326 e. The molecule has 15 nitrogen and oxygen atoms in total. The molecule has 3 amide bonds. The second-order valence-corrected chi connectivity index (χ2v) is 8.36. The van der Waals surface area contributed by atoms with Crippen LogP contribution in [0, 0.1) is 0 Å². The van der Waals surface area contributed by atoms with Crippen LogP contribution in [0.25, 0.3) is 0 Å². The third-order valence-electron chi connectivity index (χ3n) is 4.52. The van der Waals surface area contributed by atoms with Crippen molar-refractivity contribution in [3.8, 4) is 0 Å². The van der Waals surface area contributed by atoms with Crippen LogP contribution in [-0.4, -0.2) is 98.2 Å². The first-order chi connectivity index (χ1) is 16.3. The van der Waals surface area contributed by atoms with Crippen LogP contribution in [0.4, 0.5) is 0 Å². The van der Waals surface area contributed by atoms with Crippen LogP contribution in [-0.2, 0) is 33.6 Å². The molecule has 0 fully saturated rings. The molecule has 0 aromatic heterocycles. The molecule has 0 saturated heterocycles. The molecule has 0 unspecified atom stereocenters. The van der Waals surface area contributed by atoms with E-state index < -0.39 is 97.9 Å². The molecule has 0 saturated carbocycles. The van der Waals surface area contributed by atoms with Crippen molar-refractivity contribution in [1.82, 2.24) is 16.0 Å². The number of amides is 3. The van der Waals surface area contributed by atoms with Crippen molar-refractivity contribution in [3.05, 3.63) is 0 Å². The zero-order chi connectivity index (χ0) is 27.1. The molecule has 0 rings (SSSR count). The molecule has 0 aliphatic rings. The van der Waals surface area contributed by atoms with Gasteiger partial charge in [-0.25, -0.2) is 4.79 Å². The second-order valence-electron chi connectivity index (χ2n) is 7.37. The molecule has 0 aliphatic heterocycles. The number of nitrogens with two attached hydrogens (primary N) is 1. The van der Waals surface area contributed by atoms with Crippen molar-refractivity contribution in [1.29, 1.82) is 0 Å². The molecule has 0 spiro atoms. The lowest BCUT2D eigenvalue weighted by atomic mass is 10.1. The third kappa shape index (κ3) is 13.8. The Morgan fingerprint density at radius 1 is 0.686 bits per heavy atom. The van der Waals surface area contributed by atoms with E-state index in [0.29, 0.717) is 5.75 Å². The lowest BCUT2D eigenvalue weighted by Crippen LogP contribution is -2.57. The fourth-order valence-corrected chi connectivity index (χ4v) is 3.14. The summed E-state index contributed by atoms with van der Waals surface area (Å²) in [5, 5.41) is 42.3. The number of rotatable bonds is 18. The van der Waals surface area contributed by atoms with Gasteiger partial charge in [-0.1, -0.05) is 0 Å².